The molecule has 0 atom stereocenters. The average Bonchev–Trinajstić information content (AvgIpc) is 2.38. The Labute approximate surface area is 126 Å². The number of nitrogens with zero attached hydrogens (tertiary/aromatic N) is 2. The normalized spacial score (nSPS) is 12.1. The Morgan fingerprint density at radius 3 is 2.41 bits per heavy atom. The second-order valence-corrected chi connectivity index (χ2v) is 4.33. The first kappa shape index (κ1) is 17.7. The summed E-state index contributed by atoms with van der Waals surface area (Å²) in [5.74, 6) is -2.99. The van der Waals surface area contributed by atoms with E-state index in [1.807, 2.05) is 0 Å². The van der Waals surface area contributed by atoms with Gasteiger partial charge < -0.3 is 10.2 Å². The molecule has 3 N–H and O–H groups in total. The van der Waals surface area contributed by atoms with Crippen LogP contribution in [0.2, 0.25) is 5.02 Å². The Morgan fingerprint density at radius 2 is 1.95 bits per heavy atom. The highest BCUT2D eigenvalue weighted by Crippen LogP contribution is 2.32. The summed E-state index contributed by atoms with van der Waals surface area (Å²) in [5, 5.41) is 20.3. The van der Waals surface area contributed by atoms with Crippen LogP contribution in [0.25, 0.3) is 0 Å². The van der Waals surface area contributed by atoms with Gasteiger partial charge in [0.2, 0.25) is 0 Å². The molecule has 0 saturated carbocycles. The van der Waals surface area contributed by atoms with Crippen LogP contribution in [-0.2, 0) is 15.8 Å². The highest BCUT2D eigenvalue weighted by Gasteiger charge is 2.31. The van der Waals surface area contributed by atoms with Gasteiger partial charge in [-0.15, -0.1) is 0 Å². The summed E-state index contributed by atoms with van der Waals surface area (Å²) in [4.78, 5) is 24.6. The van der Waals surface area contributed by atoms with Gasteiger partial charge in [0.25, 0.3) is 0 Å². The summed E-state index contributed by atoms with van der Waals surface area (Å²) >= 11 is 5.59. The van der Waals surface area contributed by atoms with E-state index in [0.717, 1.165) is 0 Å². The molecule has 0 aromatic carbocycles. The van der Waals surface area contributed by atoms with Gasteiger partial charge in [0.1, 0.15) is 5.71 Å². The Balaban J connectivity index is 2.91. The van der Waals surface area contributed by atoms with Gasteiger partial charge in [-0.3, -0.25) is 10.2 Å². The maximum Gasteiger partial charge on any atom is 0.417 e. The van der Waals surface area contributed by atoms with Crippen molar-refractivity contribution in [1.82, 2.24) is 4.98 Å². The maximum absolute atomic E-state index is 12.4. The molecule has 1 aromatic rings. The van der Waals surface area contributed by atoms with E-state index in [4.69, 9.17) is 21.8 Å². The summed E-state index contributed by atoms with van der Waals surface area (Å²) < 4.78 is 37.2. The number of hydrazone groups is 1. The number of halogens is 4. The fourth-order valence-electron chi connectivity index (χ4n) is 1.23. The van der Waals surface area contributed by atoms with Crippen LogP contribution in [0.4, 0.5) is 19.0 Å². The van der Waals surface area contributed by atoms with E-state index < -0.39 is 40.8 Å². The summed E-state index contributed by atoms with van der Waals surface area (Å²) in [6.07, 6.45) is -4.97. The first-order chi connectivity index (χ1) is 10.1. The number of carboxylic acids is 2. The Bertz CT molecular complexity index is 619. The highest BCUT2D eigenvalue weighted by molar-refractivity contribution is 6.36. The third-order valence-corrected chi connectivity index (χ3v) is 2.58. The number of aromatic nitrogens is 1. The van der Waals surface area contributed by atoms with Crippen molar-refractivity contribution in [3.05, 3.63) is 22.8 Å². The average molecular weight is 340 g/mol. The van der Waals surface area contributed by atoms with Crippen LogP contribution in [0.5, 0.6) is 0 Å². The van der Waals surface area contributed by atoms with E-state index in [-0.39, 0.29) is 12.2 Å². The van der Waals surface area contributed by atoms with Crippen LogP contribution in [0.3, 0.4) is 0 Å². The minimum atomic E-state index is -4.62. The molecule has 0 unspecified atom stereocenters. The van der Waals surface area contributed by atoms with Gasteiger partial charge in [-0.1, -0.05) is 11.6 Å². The van der Waals surface area contributed by atoms with E-state index in [2.05, 4.69) is 15.5 Å². The number of aliphatic carboxylic acids is 2. The van der Waals surface area contributed by atoms with Gasteiger partial charge in [-0.25, -0.2) is 9.78 Å². The molecule has 1 aromatic heterocycles. The number of hydrogen-bond acceptors (Lipinski definition) is 5. The SMILES string of the molecule is O=C(O)CC/C(=N\Nc1ncc(C(F)(F)F)cc1Cl)C(=O)O. The number of carboxylic acid groups (broad SMARTS) is 2. The quantitative estimate of drug-likeness (QED) is 0.542. The van der Waals surface area contributed by atoms with E-state index in [0.29, 0.717) is 12.3 Å². The lowest BCUT2D eigenvalue weighted by Crippen LogP contribution is -2.16. The Morgan fingerprint density at radius 1 is 1.32 bits per heavy atom. The van der Waals surface area contributed by atoms with Crippen molar-refractivity contribution >= 4 is 35.1 Å². The third kappa shape index (κ3) is 5.20. The zero-order valence-electron chi connectivity index (χ0n) is 10.7. The van der Waals surface area contributed by atoms with Crippen molar-refractivity contribution < 1.29 is 33.0 Å². The lowest BCUT2D eigenvalue weighted by molar-refractivity contribution is -0.138. The van der Waals surface area contributed by atoms with Crippen molar-refractivity contribution in [3.63, 3.8) is 0 Å². The molecular weight excluding hydrogens is 331 g/mol. The molecule has 0 spiro atoms. The van der Waals surface area contributed by atoms with E-state index in [9.17, 15) is 22.8 Å². The van der Waals surface area contributed by atoms with Crippen LogP contribution in [0.15, 0.2) is 17.4 Å². The molecule has 22 heavy (non-hydrogen) atoms. The van der Waals surface area contributed by atoms with E-state index in [1.54, 1.807) is 0 Å². The molecule has 1 rings (SSSR count). The first-order valence-electron chi connectivity index (χ1n) is 5.61. The van der Waals surface area contributed by atoms with Gasteiger partial charge in [0, 0.05) is 12.6 Å². The van der Waals surface area contributed by atoms with Gasteiger partial charge in [-0.05, 0) is 6.07 Å². The fourth-order valence-corrected chi connectivity index (χ4v) is 1.44. The molecule has 0 bridgehead atoms. The standard InChI is InChI=1S/C11H9ClF3N3O4/c12-6-3-5(11(13,14)15)4-16-9(6)18-17-7(10(21)22)1-2-8(19)20/h3-4H,1-2H2,(H,16,18)(H,19,20)(H,21,22)/b17-7+. The number of alkyl halides is 3. The molecule has 0 aliphatic carbocycles. The smallest absolute Gasteiger partial charge is 0.417 e. The van der Waals surface area contributed by atoms with Crippen LogP contribution in [0.1, 0.15) is 18.4 Å². The zero-order valence-corrected chi connectivity index (χ0v) is 11.4. The number of anilines is 1. The zero-order chi connectivity index (χ0) is 16.9. The van der Waals surface area contributed by atoms with Crippen LogP contribution in [-0.4, -0.2) is 32.8 Å². The molecule has 0 radical (unpaired) electrons. The first-order valence-corrected chi connectivity index (χ1v) is 5.99. The van der Waals surface area contributed by atoms with Gasteiger partial charge in [0.15, 0.2) is 5.82 Å². The van der Waals surface area contributed by atoms with Crippen LogP contribution < -0.4 is 5.43 Å². The third-order valence-electron chi connectivity index (χ3n) is 2.29. The minimum absolute atomic E-state index is 0.288. The fraction of sp³-hybridized carbons (Fsp3) is 0.273. The van der Waals surface area contributed by atoms with Crippen molar-refractivity contribution in [1.29, 1.82) is 0 Å². The molecular formula is C11H9ClF3N3O4. The largest absolute Gasteiger partial charge is 0.481 e. The monoisotopic (exact) mass is 339 g/mol. The molecule has 0 saturated heterocycles. The summed E-state index contributed by atoms with van der Waals surface area (Å²) in [6, 6.07) is 0.601. The van der Waals surface area contributed by atoms with Crippen molar-refractivity contribution in [2.24, 2.45) is 5.10 Å². The number of rotatable bonds is 6. The molecule has 11 heteroatoms. The number of nitrogens with one attached hydrogen (secondary N) is 1. The van der Waals surface area contributed by atoms with Crippen LogP contribution >= 0.6 is 11.6 Å². The van der Waals surface area contributed by atoms with Crippen molar-refractivity contribution in [3.8, 4) is 0 Å². The number of pyridine rings is 1. The molecule has 0 amide bonds. The summed E-state index contributed by atoms with van der Waals surface area (Å²) in [5.41, 5.74) is 0.500. The summed E-state index contributed by atoms with van der Waals surface area (Å²) in [7, 11) is 0. The number of hydrogen-bond donors (Lipinski definition) is 3. The molecule has 120 valence electrons. The Hall–Kier alpha value is -2.36. The molecule has 0 aliphatic heterocycles. The van der Waals surface area contributed by atoms with Crippen molar-refractivity contribution in [2.75, 3.05) is 5.43 Å². The second kappa shape index (κ2) is 7.07. The maximum atomic E-state index is 12.4. The molecule has 0 fully saturated rings. The second-order valence-electron chi connectivity index (χ2n) is 3.92. The lowest BCUT2D eigenvalue weighted by atomic mass is 10.2. The molecule has 1 heterocycles. The van der Waals surface area contributed by atoms with E-state index in [1.165, 1.54) is 0 Å². The highest BCUT2D eigenvalue weighted by atomic mass is 35.5. The lowest BCUT2D eigenvalue weighted by Gasteiger charge is -2.09. The number of carbonyl (C=O) groups is 2. The predicted octanol–water partition coefficient (Wildman–Crippen LogP) is 2.47. The minimum Gasteiger partial charge on any atom is -0.481 e. The molecule has 7 nitrogen and oxygen atoms in total. The van der Waals surface area contributed by atoms with Gasteiger partial charge >= 0.3 is 18.1 Å². The van der Waals surface area contributed by atoms with Gasteiger partial charge in [-0.2, -0.15) is 18.3 Å². The van der Waals surface area contributed by atoms with Crippen LogP contribution in [0, 0.1) is 0 Å². The summed E-state index contributed by atoms with van der Waals surface area (Å²) in [6.45, 7) is 0. The predicted molar refractivity (Wildman–Crippen MR) is 69.8 cm³/mol. The Kier molecular flexibility index (Phi) is 5.69. The van der Waals surface area contributed by atoms with Gasteiger partial charge in [0.05, 0.1) is 17.0 Å². The van der Waals surface area contributed by atoms with Crippen molar-refractivity contribution in [2.45, 2.75) is 19.0 Å². The topological polar surface area (TPSA) is 112 Å². The molecule has 0 aliphatic rings. The van der Waals surface area contributed by atoms with E-state index >= 15 is 0 Å².